The van der Waals surface area contributed by atoms with E-state index in [2.05, 4.69) is 52.4 Å². The van der Waals surface area contributed by atoms with Gasteiger partial charge in [0, 0.05) is 44.3 Å². The number of rotatable bonds is 3. The maximum Gasteiger partial charge on any atom is 0.155 e. The molecule has 4 nitrogen and oxygen atoms in total. The van der Waals surface area contributed by atoms with Gasteiger partial charge in [-0.05, 0) is 53.2 Å². The van der Waals surface area contributed by atoms with Crippen LogP contribution in [-0.2, 0) is 24.9 Å². The van der Waals surface area contributed by atoms with E-state index in [1.807, 2.05) is 54.9 Å². The summed E-state index contributed by atoms with van der Waals surface area (Å²) < 4.78 is 0. The van der Waals surface area contributed by atoms with Crippen LogP contribution in [0.25, 0.3) is 44.1 Å². The number of hydrogen-bond donors (Lipinski definition) is 1. The van der Waals surface area contributed by atoms with Gasteiger partial charge in [0.05, 0.1) is 5.76 Å². The number of carbonyl (C=O) groups excluding carboxylic acids is 1. The summed E-state index contributed by atoms with van der Waals surface area (Å²) in [4.78, 5) is 19.2. The van der Waals surface area contributed by atoms with E-state index in [-0.39, 0.29) is 31.6 Å². The van der Waals surface area contributed by atoms with Crippen LogP contribution in [0.5, 0.6) is 0 Å². The van der Waals surface area contributed by atoms with Crippen molar-refractivity contribution in [2.45, 2.75) is 13.8 Å². The smallest absolute Gasteiger partial charge is 0.155 e. The molecule has 5 aromatic rings. The normalized spacial score (nSPS) is 10.8. The molecule has 5 heteroatoms. The number of fused-ring (bicyclic) bond motifs is 2. The fourth-order valence-electron chi connectivity index (χ4n) is 3.70. The molecule has 0 amide bonds. The molecule has 2 aromatic heterocycles. The summed E-state index contributed by atoms with van der Waals surface area (Å²) in [5.41, 5.74) is 3.99. The van der Waals surface area contributed by atoms with Gasteiger partial charge >= 0.3 is 0 Å². The van der Waals surface area contributed by atoms with Crippen LogP contribution in [0.4, 0.5) is 0 Å². The second kappa shape index (κ2) is 11.5. The minimum Gasteiger partial charge on any atom is -0.512 e. The van der Waals surface area contributed by atoms with Crippen molar-refractivity contribution in [3.8, 4) is 22.5 Å². The molecule has 0 saturated heterocycles. The van der Waals surface area contributed by atoms with Crippen molar-refractivity contribution in [2.24, 2.45) is 0 Å². The molecule has 0 unspecified atom stereocenters. The number of pyridine rings is 2. The van der Waals surface area contributed by atoms with Gasteiger partial charge in [-0.1, -0.05) is 54.1 Å². The van der Waals surface area contributed by atoms with Crippen LogP contribution in [0.2, 0.25) is 0 Å². The Balaban J connectivity index is 0.000000357. The molecule has 0 atom stereocenters. The molecule has 1 N–H and O–H groups in total. The molecule has 0 fully saturated rings. The summed E-state index contributed by atoms with van der Waals surface area (Å²) in [5.74, 6) is -0.0625. The average Bonchev–Trinajstić information content (AvgIpc) is 2.83. The van der Waals surface area contributed by atoms with Gasteiger partial charge in [0.2, 0.25) is 0 Å². The van der Waals surface area contributed by atoms with Crippen LogP contribution in [0.1, 0.15) is 13.8 Å². The third kappa shape index (κ3) is 5.82. The number of hydrogen-bond acceptors (Lipinski definition) is 4. The van der Waals surface area contributed by atoms with Crippen LogP contribution >= 0.6 is 0 Å². The van der Waals surface area contributed by atoms with Gasteiger partial charge in [-0.3, -0.25) is 9.78 Å². The first kappa shape index (κ1) is 25.0. The van der Waals surface area contributed by atoms with Gasteiger partial charge in [0.15, 0.2) is 5.78 Å². The zero-order chi connectivity index (χ0) is 23.2. The minimum absolute atomic E-state index is 0. The molecule has 0 spiro atoms. The van der Waals surface area contributed by atoms with Crippen molar-refractivity contribution < 1.29 is 30.0 Å². The van der Waals surface area contributed by atoms with E-state index < -0.39 is 0 Å². The Morgan fingerprint density at radius 1 is 0.794 bits per heavy atom. The number of carbonyl (C=O) groups is 1. The number of aliphatic hydroxyl groups excluding tert-OH is 1. The first-order valence-electron chi connectivity index (χ1n) is 10.6. The van der Waals surface area contributed by atoms with Crippen molar-refractivity contribution in [3.63, 3.8) is 0 Å². The largest absolute Gasteiger partial charge is 0.512 e. The second-order valence-electron chi connectivity index (χ2n) is 7.65. The summed E-state index contributed by atoms with van der Waals surface area (Å²) >= 11 is 0. The topological polar surface area (TPSA) is 63.1 Å². The van der Waals surface area contributed by atoms with E-state index in [0.717, 1.165) is 33.3 Å². The SMILES string of the molecule is CC(=O)/C=C(/C)O.[Ir].[c-]1cc(-c2nccc3ccccc23)ccc1-c1nccc2ccccc12. The molecule has 0 aliphatic carbocycles. The van der Waals surface area contributed by atoms with Gasteiger partial charge in [-0.25, -0.2) is 0 Å². The maximum absolute atomic E-state index is 10.0. The summed E-state index contributed by atoms with van der Waals surface area (Å²) in [6, 6.07) is 30.3. The van der Waals surface area contributed by atoms with Gasteiger partial charge in [0.25, 0.3) is 0 Å². The van der Waals surface area contributed by atoms with E-state index >= 15 is 0 Å². The predicted molar refractivity (Wildman–Crippen MR) is 134 cm³/mol. The van der Waals surface area contributed by atoms with E-state index in [0.29, 0.717) is 0 Å². The monoisotopic (exact) mass is 624 g/mol. The van der Waals surface area contributed by atoms with E-state index in [1.54, 1.807) is 0 Å². The Morgan fingerprint density at radius 3 is 1.85 bits per heavy atom. The minimum atomic E-state index is -0.125. The summed E-state index contributed by atoms with van der Waals surface area (Å²) in [6.45, 7) is 2.85. The van der Waals surface area contributed by atoms with Crippen molar-refractivity contribution in [1.29, 1.82) is 0 Å². The van der Waals surface area contributed by atoms with Crippen molar-refractivity contribution in [1.82, 2.24) is 9.97 Å². The molecule has 171 valence electrons. The first-order valence-corrected chi connectivity index (χ1v) is 10.6. The Labute approximate surface area is 212 Å². The van der Waals surface area contributed by atoms with Gasteiger partial charge < -0.3 is 10.1 Å². The summed E-state index contributed by atoms with van der Waals surface area (Å²) in [5, 5.41) is 13.0. The predicted octanol–water partition coefficient (Wildman–Crippen LogP) is 6.95. The molecule has 34 heavy (non-hydrogen) atoms. The van der Waals surface area contributed by atoms with Crippen LogP contribution in [-0.4, -0.2) is 20.9 Å². The second-order valence-corrected chi connectivity index (χ2v) is 7.65. The fraction of sp³-hybridized carbons (Fsp3) is 0.0690. The van der Waals surface area contributed by atoms with E-state index in [1.165, 1.54) is 30.7 Å². The molecule has 0 saturated carbocycles. The van der Waals surface area contributed by atoms with Crippen LogP contribution in [0.3, 0.4) is 0 Å². The molecule has 1 radical (unpaired) electrons. The fourth-order valence-corrected chi connectivity index (χ4v) is 3.70. The summed E-state index contributed by atoms with van der Waals surface area (Å²) in [6.07, 6.45) is 4.88. The Kier molecular flexibility index (Phi) is 8.42. The van der Waals surface area contributed by atoms with Gasteiger partial charge in [-0.2, -0.15) is 0 Å². The van der Waals surface area contributed by atoms with Gasteiger partial charge in [-0.15, -0.1) is 29.8 Å². The molecule has 0 aliphatic heterocycles. The van der Waals surface area contributed by atoms with Crippen LogP contribution in [0, 0.1) is 6.07 Å². The zero-order valence-electron chi connectivity index (χ0n) is 18.8. The number of nitrogens with zero attached hydrogens (tertiary/aromatic N) is 2. The Bertz CT molecular complexity index is 1350. The molecule has 2 heterocycles. The molecule has 0 bridgehead atoms. The van der Waals surface area contributed by atoms with Crippen molar-refractivity contribution in [3.05, 3.63) is 109 Å². The molecule has 3 aromatic carbocycles. The maximum atomic E-state index is 10.0. The van der Waals surface area contributed by atoms with Crippen molar-refractivity contribution in [2.75, 3.05) is 0 Å². The molecular formula is C29H23IrN2O2-. The number of ketones is 1. The van der Waals surface area contributed by atoms with Crippen LogP contribution in [0.15, 0.2) is 103 Å². The summed E-state index contributed by atoms with van der Waals surface area (Å²) in [7, 11) is 0. The standard InChI is InChI=1S/C24H15N2.C5H8O2.Ir/c1-3-7-21-17(5-1)13-15-25-23(21)19-9-11-20(12-10-19)24-22-8-4-2-6-18(22)14-16-26-24;1-4(6)3-5(2)7;/h1-11,13-16H;3,6H,1-2H3;/q-1;;/b;4-3-;. The molecule has 5 rings (SSSR count). The van der Waals surface area contributed by atoms with E-state index in [9.17, 15) is 4.79 Å². The first-order chi connectivity index (χ1) is 16.0. The third-order valence-corrected chi connectivity index (χ3v) is 5.10. The Morgan fingerprint density at radius 2 is 1.35 bits per heavy atom. The van der Waals surface area contributed by atoms with Crippen molar-refractivity contribution >= 4 is 27.3 Å². The number of allylic oxidation sites excluding steroid dienone is 2. The number of aliphatic hydroxyl groups is 1. The zero-order valence-corrected chi connectivity index (χ0v) is 21.2. The quantitative estimate of drug-likeness (QED) is 0.134. The Hall–Kier alpha value is -3.66. The number of benzene rings is 3. The molecular weight excluding hydrogens is 601 g/mol. The average molecular weight is 624 g/mol. The third-order valence-electron chi connectivity index (χ3n) is 5.10. The van der Waals surface area contributed by atoms with Gasteiger partial charge in [0.1, 0.15) is 0 Å². The number of aromatic nitrogens is 2. The van der Waals surface area contributed by atoms with Crippen LogP contribution < -0.4 is 0 Å². The molecule has 0 aliphatic rings. The van der Waals surface area contributed by atoms with E-state index in [4.69, 9.17) is 5.11 Å².